The van der Waals surface area contributed by atoms with E-state index in [1.807, 2.05) is 5.01 Å². The van der Waals surface area contributed by atoms with Gasteiger partial charge in [-0.25, -0.2) is 0 Å². The molecule has 6 nitrogen and oxygen atoms in total. The molecule has 2 atom stereocenters. The Morgan fingerprint density at radius 2 is 2.27 bits per heavy atom. The molecule has 1 aliphatic rings. The lowest BCUT2D eigenvalue weighted by molar-refractivity contribution is -0.480. The molecule has 1 unspecified atom stereocenters. The average Bonchev–Trinajstić information content (AvgIpc) is 2.92. The van der Waals surface area contributed by atoms with Gasteiger partial charge in [-0.3, -0.25) is 15.1 Å². The first kappa shape index (κ1) is 16.7. The third-order valence-electron chi connectivity index (χ3n) is 3.74. The molecule has 0 aromatic heterocycles. The van der Waals surface area contributed by atoms with Crippen molar-refractivity contribution in [1.82, 2.24) is 5.01 Å². The Balaban J connectivity index is 2.10. The highest BCUT2D eigenvalue weighted by Crippen LogP contribution is 2.20. The minimum Gasteiger partial charge on any atom is -0.382 e. The highest BCUT2D eigenvalue weighted by atomic mass is 35.5. The summed E-state index contributed by atoms with van der Waals surface area (Å²) in [7, 11) is 1.67. The lowest BCUT2D eigenvalue weighted by atomic mass is 10.0. The Kier molecular flexibility index (Phi) is 6.15. The molecule has 0 radical (unpaired) electrons. The van der Waals surface area contributed by atoms with Crippen LogP contribution in [0.15, 0.2) is 29.4 Å². The first-order valence-corrected chi connectivity index (χ1v) is 7.65. The van der Waals surface area contributed by atoms with E-state index in [0.29, 0.717) is 11.6 Å². The SMILES string of the molecule is COC[C@@H]1CCCN1/N=C/C(C[N+](=O)[O-])c1ccc(Cl)cc1. The zero-order valence-corrected chi connectivity index (χ0v) is 13.3. The van der Waals surface area contributed by atoms with E-state index in [1.165, 1.54) is 0 Å². The Bertz CT molecular complexity index is 521. The van der Waals surface area contributed by atoms with Crippen LogP contribution in [-0.2, 0) is 4.74 Å². The van der Waals surface area contributed by atoms with Crippen LogP contribution in [0.1, 0.15) is 24.3 Å². The van der Waals surface area contributed by atoms with Crippen LogP contribution in [0.2, 0.25) is 5.02 Å². The van der Waals surface area contributed by atoms with Crippen molar-refractivity contribution in [2.24, 2.45) is 5.10 Å². The molecule has 7 heteroatoms. The van der Waals surface area contributed by atoms with E-state index in [2.05, 4.69) is 5.10 Å². The largest absolute Gasteiger partial charge is 0.382 e. The number of methoxy groups -OCH3 is 1. The first-order valence-electron chi connectivity index (χ1n) is 7.27. The van der Waals surface area contributed by atoms with Gasteiger partial charge in [0.05, 0.1) is 18.6 Å². The zero-order valence-electron chi connectivity index (χ0n) is 12.5. The summed E-state index contributed by atoms with van der Waals surface area (Å²) in [5, 5.41) is 17.9. The second-order valence-corrected chi connectivity index (χ2v) is 5.79. The topological polar surface area (TPSA) is 68.0 Å². The molecule has 0 amide bonds. The number of hydrazone groups is 1. The van der Waals surface area contributed by atoms with Gasteiger partial charge in [0.25, 0.3) is 0 Å². The summed E-state index contributed by atoms with van der Waals surface area (Å²) in [5.41, 5.74) is 0.840. The van der Waals surface area contributed by atoms with Gasteiger partial charge in [0, 0.05) is 29.8 Å². The second kappa shape index (κ2) is 8.10. The minimum atomic E-state index is -0.365. The predicted molar refractivity (Wildman–Crippen MR) is 86.2 cm³/mol. The molecule has 1 heterocycles. The van der Waals surface area contributed by atoms with Crippen molar-refractivity contribution in [3.63, 3.8) is 0 Å². The monoisotopic (exact) mass is 325 g/mol. The molecule has 0 N–H and O–H groups in total. The van der Waals surface area contributed by atoms with Gasteiger partial charge in [0.1, 0.15) is 0 Å². The van der Waals surface area contributed by atoms with Crippen molar-refractivity contribution in [1.29, 1.82) is 0 Å². The summed E-state index contributed by atoms with van der Waals surface area (Å²) < 4.78 is 5.19. The molecule has 0 saturated carbocycles. The highest BCUT2D eigenvalue weighted by molar-refractivity contribution is 6.30. The van der Waals surface area contributed by atoms with E-state index < -0.39 is 0 Å². The summed E-state index contributed by atoms with van der Waals surface area (Å²) in [6.45, 7) is 1.29. The summed E-state index contributed by atoms with van der Waals surface area (Å²) >= 11 is 5.87. The normalized spacial score (nSPS) is 19.7. The highest BCUT2D eigenvalue weighted by Gasteiger charge is 2.23. The molecule has 1 aromatic rings. The molecule has 0 spiro atoms. The fourth-order valence-electron chi connectivity index (χ4n) is 2.61. The summed E-state index contributed by atoms with van der Waals surface area (Å²) in [6.07, 6.45) is 3.76. The molecule has 22 heavy (non-hydrogen) atoms. The van der Waals surface area contributed by atoms with Crippen molar-refractivity contribution < 1.29 is 9.66 Å². The Morgan fingerprint density at radius 3 is 2.91 bits per heavy atom. The Hall–Kier alpha value is -1.66. The van der Waals surface area contributed by atoms with Gasteiger partial charge in [0.15, 0.2) is 0 Å². The lowest BCUT2D eigenvalue weighted by Crippen LogP contribution is -2.29. The number of benzene rings is 1. The number of rotatable bonds is 7. The number of nitrogens with zero attached hydrogens (tertiary/aromatic N) is 3. The van der Waals surface area contributed by atoms with E-state index in [0.717, 1.165) is 24.9 Å². The maximum atomic E-state index is 10.9. The van der Waals surface area contributed by atoms with E-state index in [-0.39, 0.29) is 23.4 Å². The van der Waals surface area contributed by atoms with E-state index in [9.17, 15) is 10.1 Å². The number of hydrogen-bond donors (Lipinski definition) is 0. The molecule has 0 bridgehead atoms. The van der Waals surface area contributed by atoms with Gasteiger partial charge in [-0.1, -0.05) is 23.7 Å². The molecule has 0 aliphatic carbocycles. The van der Waals surface area contributed by atoms with Gasteiger partial charge in [-0.2, -0.15) is 5.10 Å². The minimum absolute atomic E-state index is 0.187. The third kappa shape index (κ3) is 4.68. The van der Waals surface area contributed by atoms with Gasteiger partial charge in [-0.15, -0.1) is 0 Å². The van der Waals surface area contributed by atoms with E-state index in [4.69, 9.17) is 16.3 Å². The van der Waals surface area contributed by atoms with Gasteiger partial charge in [-0.05, 0) is 30.5 Å². The van der Waals surface area contributed by atoms with Crippen molar-refractivity contribution in [3.8, 4) is 0 Å². The first-order chi connectivity index (χ1) is 10.6. The number of hydrogen-bond acceptors (Lipinski definition) is 5. The second-order valence-electron chi connectivity index (χ2n) is 5.35. The maximum absolute atomic E-state index is 10.9. The van der Waals surface area contributed by atoms with Crippen LogP contribution < -0.4 is 0 Å². The Labute approximate surface area is 134 Å². The van der Waals surface area contributed by atoms with Crippen LogP contribution in [-0.4, -0.2) is 49.0 Å². The summed E-state index contributed by atoms with van der Waals surface area (Å²) in [5.74, 6) is -0.365. The van der Waals surface area contributed by atoms with Crippen LogP contribution in [0.4, 0.5) is 0 Å². The number of ether oxygens (including phenoxy) is 1. The van der Waals surface area contributed by atoms with Gasteiger partial charge < -0.3 is 4.74 Å². The maximum Gasteiger partial charge on any atom is 0.215 e. The summed E-state index contributed by atoms with van der Waals surface area (Å²) in [4.78, 5) is 10.6. The van der Waals surface area contributed by atoms with Gasteiger partial charge >= 0.3 is 0 Å². The molecule has 120 valence electrons. The van der Waals surface area contributed by atoms with Crippen molar-refractivity contribution >= 4 is 17.8 Å². The van der Waals surface area contributed by atoms with Crippen LogP contribution in [0, 0.1) is 10.1 Å². The van der Waals surface area contributed by atoms with E-state index >= 15 is 0 Å². The van der Waals surface area contributed by atoms with Crippen LogP contribution >= 0.6 is 11.6 Å². The van der Waals surface area contributed by atoms with Crippen LogP contribution in [0.3, 0.4) is 0 Å². The third-order valence-corrected chi connectivity index (χ3v) is 4.00. The van der Waals surface area contributed by atoms with Crippen LogP contribution in [0.25, 0.3) is 0 Å². The lowest BCUT2D eigenvalue weighted by Gasteiger charge is -2.21. The fraction of sp³-hybridized carbons (Fsp3) is 0.533. The number of halogens is 1. The molecule has 2 rings (SSSR count). The van der Waals surface area contributed by atoms with E-state index in [1.54, 1.807) is 37.6 Å². The predicted octanol–water partition coefficient (Wildman–Crippen LogP) is 2.80. The Morgan fingerprint density at radius 1 is 1.55 bits per heavy atom. The van der Waals surface area contributed by atoms with Crippen LogP contribution in [0.5, 0.6) is 0 Å². The molecule has 1 aromatic carbocycles. The van der Waals surface area contributed by atoms with Crippen molar-refractivity contribution in [2.75, 3.05) is 26.8 Å². The smallest absolute Gasteiger partial charge is 0.215 e. The molecule has 1 aliphatic heterocycles. The molecule has 1 saturated heterocycles. The van der Waals surface area contributed by atoms with Crippen molar-refractivity contribution in [3.05, 3.63) is 45.0 Å². The molecular formula is C15H20ClN3O3. The number of nitro groups is 1. The van der Waals surface area contributed by atoms with Crippen molar-refractivity contribution in [2.45, 2.75) is 24.8 Å². The van der Waals surface area contributed by atoms with Gasteiger partial charge in [0.2, 0.25) is 6.54 Å². The zero-order chi connectivity index (χ0) is 15.9. The summed E-state index contributed by atoms with van der Waals surface area (Å²) in [6, 6.07) is 7.34. The average molecular weight is 326 g/mol. The molecular weight excluding hydrogens is 306 g/mol. The fourth-order valence-corrected chi connectivity index (χ4v) is 2.74. The molecule has 1 fully saturated rings. The standard InChI is InChI=1S/C15H20ClN3O3/c1-22-11-15-3-2-8-18(15)17-9-13(10-19(20)21)12-4-6-14(16)7-5-12/h4-7,9,13,15H,2-3,8,10-11H2,1H3/b17-9+/t13?,15-/m0/s1. The quantitative estimate of drug-likeness (QED) is 0.439.